The van der Waals surface area contributed by atoms with E-state index in [0.29, 0.717) is 13.0 Å². The molecule has 158 valence electrons. The van der Waals surface area contributed by atoms with Crippen LogP contribution in [0.2, 0.25) is 0 Å². The van der Waals surface area contributed by atoms with Crippen LogP contribution in [0.1, 0.15) is 51.2 Å². The van der Waals surface area contributed by atoms with Crippen molar-refractivity contribution in [2.45, 2.75) is 45.6 Å². The summed E-state index contributed by atoms with van der Waals surface area (Å²) in [6.45, 7) is 8.94. The van der Waals surface area contributed by atoms with Crippen LogP contribution in [0.5, 0.6) is 0 Å². The van der Waals surface area contributed by atoms with E-state index in [-0.39, 0.29) is 36.0 Å². The lowest BCUT2D eigenvalue weighted by Crippen LogP contribution is -2.38. The number of amides is 1. The summed E-state index contributed by atoms with van der Waals surface area (Å²) in [4.78, 5) is 18.1. The molecule has 1 aliphatic heterocycles. The number of likely N-dealkylation sites (tertiary alicyclic amines) is 1. The third kappa shape index (κ3) is 9.23. The van der Waals surface area contributed by atoms with Crippen molar-refractivity contribution in [2.75, 3.05) is 39.3 Å². The number of nitrogens with zero attached hydrogens (tertiary/aromatic N) is 2. The maximum Gasteiger partial charge on any atom is 0.222 e. The van der Waals surface area contributed by atoms with Gasteiger partial charge in [-0.05, 0) is 38.7 Å². The number of ether oxygens (including phenoxy) is 1. The highest BCUT2D eigenvalue weighted by Crippen LogP contribution is 2.15. The monoisotopic (exact) mass is 502 g/mol. The van der Waals surface area contributed by atoms with Gasteiger partial charge in [0, 0.05) is 45.8 Å². The Morgan fingerprint density at radius 3 is 2.71 bits per heavy atom. The second kappa shape index (κ2) is 14.6. The van der Waals surface area contributed by atoms with Gasteiger partial charge in [-0.15, -0.1) is 24.0 Å². The van der Waals surface area contributed by atoms with Gasteiger partial charge in [0.2, 0.25) is 5.91 Å². The molecule has 2 rings (SSSR count). The number of nitrogens with one attached hydrogen (secondary N) is 2. The number of carbonyl (C=O) groups is 1. The van der Waals surface area contributed by atoms with Crippen molar-refractivity contribution in [3.05, 3.63) is 35.9 Å². The minimum atomic E-state index is 0. The van der Waals surface area contributed by atoms with Gasteiger partial charge in [-0.1, -0.05) is 30.3 Å². The van der Waals surface area contributed by atoms with E-state index in [2.05, 4.69) is 41.6 Å². The molecule has 6 nitrogen and oxygen atoms in total. The van der Waals surface area contributed by atoms with Gasteiger partial charge in [0.1, 0.15) is 0 Å². The van der Waals surface area contributed by atoms with Crippen LogP contribution in [0.3, 0.4) is 0 Å². The Bertz CT molecular complexity index is 583. The van der Waals surface area contributed by atoms with Crippen LogP contribution in [0, 0.1) is 0 Å². The summed E-state index contributed by atoms with van der Waals surface area (Å²) in [5.41, 5.74) is 1.21. The molecule has 1 aliphatic rings. The molecule has 0 aliphatic carbocycles. The van der Waals surface area contributed by atoms with Crippen molar-refractivity contribution in [1.29, 1.82) is 0 Å². The molecule has 1 fully saturated rings. The minimum Gasteiger partial charge on any atom is -0.374 e. The zero-order chi connectivity index (χ0) is 19.3. The quantitative estimate of drug-likeness (QED) is 0.211. The van der Waals surface area contributed by atoms with Crippen LogP contribution in [-0.4, -0.2) is 56.1 Å². The predicted octanol–water partition coefficient (Wildman–Crippen LogP) is 3.34. The molecule has 1 amide bonds. The third-order valence-corrected chi connectivity index (χ3v) is 4.62. The van der Waals surface area contributed by atoms with Gasteiger partial charge in [-0.3, -0.25) is 9.79 Å². The van der Waals surface area contributed by atoms with Crippen LogP contribution in [0.4, 0.5) is 0 Å². The van der Waals surface area contributed by atoms with Crippen LogP contribution < -0.4 is 10.6 Å². The Labute approximate surface area is 186 Å². The highest BCUT2D eigenvalue weighted by Gasteiger charge is 2.18. The lowest BCUT2D eigenvalue weighted by atomic mass is 10.1. The molecule has 1 unspecified atom stereocenters. The van der Waals surface area contributed by atoms with Gasteiger partial charge in [0.05, 0.1) is 6.10 Å². The van der Waals surface area contributed by atoms with Crippen LogP contribution >= 0.6 is 24.0 Å². The average Bonchev–Trinajstić information content (AvgIpc) is 3.10. The van der Waals surface area contributed by atoms with E-state index in [0.717, 1.165) is 57.9 Å². The van der Waals surface area contributed by atoms with Crippen molar-refractivity contribution in [3.63, 3.8) is 0 Å². The fraction of sp³-hybridized carbons (Fsp3) is 0.619. The number of guanidine groups is 1. The van der Waals surface area contributed by atoms with Gasteiger partial charge >= 0.3 is 0 Å². The molecule has 1 heterocycles. The van der Waals surface area contributed by atoms with Crippen LogP contribution in [0.15, 0.2) is 35.3 Å². The smallest absolute Gasteiger partial charge is 0.222 e. The number of benzene rings is 1. The standard InChI is InChI=1S/C21H34N4O2.HI/c1-3-22-21(23-13-8-16-25-15-7-12-20(25)26)24-14-9-17-27-18(2)19-10-5-4-6-11-19;/h4-6,10-11,18H,3,7-9,12-17H2,1-2H3,(H2,22,23,24);1H. The second-order valence-electron chi connectivity index (χ2n) is 6.80. The number of aliphatic imine (C=N–C) groups is 1. The zero-order valence-corrected chi connectivity index (χ0v) is 19.5. The van der Waals surface area contributed by atoms with E-state index in [9.17, 15) is 4.79 Å². The van der Waals surface area contributed by atoms with Crippen LogP contribution in [-0.2, 0) is 9.53 Å². The molecule has 2 N–H and O–H groups in total. The lowest BCUT2D eigenvalue weighted by molar-refractivity contribution is -0.127. The number of hydrogen-bond donors (Lipinski definition) is 2. The first-order valence-corrected chi connectivity index (χ1v) is 10.2. The summed E-state index contributed by atoms with van der Waals surface area (Å²) in [5, 5.41) is 6.61. The van der Waals surface area contributed by atoms with Gasteiger partial charge < -0.3 is 20.3 Å². The second-order valence-corrected chi connectivity index (χ2v) is 6.80. The predicted molar refractivity (Wildman–Crippen MR) is 125 cm³/mol. The highest BCUT2D eigenvalue weighted by molar-refractivity contribution is 14.0. The number of carbonyl (C=O) groups excluding carboxylic acids is 1. The molecule has 1 saturated heterocycles. The Morgan fingerprint density at radius 1 is 1.25 bits per heavy atom. The fourth-order valence-electron chi connectivity index (χ4n) is 3.09. The zero-order valence-electron chi connectivity index (χ0n) is 17.2. The largest absolute Gasteiger partial charge is 0.374 e. The molecule has 28 heavy (non-hydrogen) atoms. The Balaban J connectivity index is 0.00000392. The van der Waals surface area contributed by atoms with Crippen molar-refractivity contribution >= 4 is 35.8 Å². The molecule has 1 aromatic carbocycles. The lowest BCUT2D eigenvalue weighted by Gasteiger charge is -2.16. The molecule has 0 spiro atoms. The van der Waals surface area contributed by atoms with Gasteiger partial charge in [-0.25, -0.2) is 0 Å². The van der Waals surface area contributed by atoms with Crippen LogP contribution in [0.25, 0.3) is 0 Å². The van der Waals surface area contributed by atoms with Gasteiger partial charge in [-0.2, -0.15) is 0 Å². The molecule has 7 heteroatoms. The molecule has 1 atom stereocenters. The molecular weight excluding hydrogens is 467 g/mol. The van der Waals surface area contributed by atoms with E-state index in [1.807, 2.05) is 23.1 Å². The SMILES string of the molecule is CCNC(=NCCCN1CCCC1=O)NCCCOC(C)c1ccccc1.I. The summed E-state index contributed by atoms with van der Waals surface area (Å²) in [7, 11) is 0. The average molecular weight is 502 g/mol. The molecule has 0 bridgehead atoms. The van der Waals surface area contributed by atoms with E-state index < -0.39 is 0 Å². The molecule has 0 radical (unpaired) electrons. The summed E-state index contributed by atoms with van der Waals surface area (Å²) in [6.07, 6.45) is 3.64. The summed E-state index contributed by atoms with van der Waals surface area (Å²) in [5.74, 6) is 1.12. The molecular formula is C21H35IN4O2. The maximum atomic E-state index is 11.6. The van der Waals surface area contributed by atoms with Crippen molar-refractivity contribution in [2.24, 2.45) is 4.99 Å². The first-order valence-electron chi connectivity index (χ1n) is 10.2. The van der Waals surface area contributed by atoms with E-state index in [1.54, 1.807) is 0 Å². The van der Waals surface area contributed by atoms with E-state index >= 15 is 0 Å². The normalized spacial score (nSPS) is 15.3. The number of hydrogen-bond acceptors (Lipinski definition) is 3. The summed E-state index contributed by atoms with van der Waals surface area (Å²) >= 11 is 0. The van der Waals surface area contributed by atoms with Crippen molar-refractivity contribution in [3.8, 4) is 0 Å². The molecule has 0 saturated carbocycles. The van der Waals surface area contributed by atoms with Crippen molar-refractivity contribution < 1.29 is 9.53 Å². The summed E-state index contributed by atoms with van der Waals surface area (Å²) < 4.78 is 5.90. The minimum absolute atomic E-state index is 0. The Hall–Kier alpha value is -1.35. The molecule has 0 aromatic heterocycles. The first kappa shape index (κ1) is 24.7. The number of rotatable bonds is 11. The topological polar surface area (TPSA) is 66.0 Å². The molecule has 1 aromatic rings. The van der Waals surface area contributed by atoms with Gasteiger partial charge in [0.25, 0.3) is 0 Å². The number of halogens is 1. The first-order chi connectivity index (χ1) is 13.2. The van der Waals surface area contributed by atoms with Crippen molar-refractivity contribution in [1.82, 2.24) is 15.5 Å². The third-order valence-electron chi connectivity index (χ3n) is 4.62. The maximum absolute atomic E-state index is 11.6. The van der Waals surface area contributed by atoms with E-state index in [4.69, 9.17) is 4.74 Å². The van der Waals surface area contributed by atoms with Gasteiger partial charge in [0.15, 0.2) is 5.96 Å². The Morgan fingerprint density at radius 2 is 2.04 bits per heavy atom. The Kier molecular flexibility index (Phi) is 12.9. The highest BCUT2D eigenvalue weighted by atomic mass is 127. The summed E-state index contributed by atoms with van der Waals surface area (Å²) in [6, 6.07) is 10.3. The van der Waals surface area contributed by atoms with E-state index in [1.165, 1.54) is 5.56 Å². The fourth-order valence-corrected chi connectivity index (χ4v) is 3.09.